The summed E-state index contributed by atoms with van der Waals surface area (Å²) in [5.74, 6) is 0.923. The summed E-state index contributed by atoms with van der Waals surface area (Å²) in [7, 11) is 0. The van der Waals surface area contributed by atoms with E-state index in [1.807, 2.05) is 56.3 Å². The average Bonchev–Trinajstić information content (AvgIpc) is 2.83. The Hall–Kier alpha value is -2.83. The molecule has 5 nitrogen and oxygen atoms in total. The Morgan fingerprint density at radius 3 is 2.44 bits per heavy atom. The third-order valence-electron chi connectivity index (χ3n) is 5.42. The van der Waals surface area contributed by atoms with Crippen LogP contribution in [0.15, 0.2) is 71.2 Å². The quantitative estimate of drug-likeness (QED) is 0.292. The fourth-order valence-electron chi connectivity index (χ4n) is 3.52. The van der Waals surface area contributed by atoms with Crippen LogP contribution in [0.25, 0.3) is 0 Å². The molecule has 0 aliphatic rings. The van der Waals surface area contributed by atoms with Crippen molar-refractivity contribution in [1.29, 1.82) is 0 Å². The molecule has 0 fully saturated rings. The molecule has 1 atom stereocenters. The van der Waals surface area contributed by atoms with Gasteiger partial charge in [-0.2, -0.15) is 0 Å². The Morgan fingerprint density at radius 1 is 1.00 bits per heavy atom. The lowest BCUT2D eigenvalue weighted by Crippen LogP contribution is -2.26. The van der Waals surface area contributed by atoms with Crippen LogP contribution in [0.4, 0.5) is 5.69 Å². The molecule has 3 aromatic carbocycles. The second kappa shape index (κ2) is 13.2. The Morgan fingerprint density at radius 2 is 1.74 bits per heavy atom. The molecule has 0 unspecified atom stereocenters. The number of hydrogen-bond donors (Lipinski definition) is 2. The van der Waals surface area contributed by atoms with Gasteiger partial charge in [0.25, 0.3) is 5.91 Å². The van der Waals surface area contributed by atoms with Gasteiger partial charge in [0.2, 0.25) is 0 Å². The topological polar surface area (TPSA) is 59.6 Å². The highest BCUT2D eigenvalue weighted by atomic mass is 79.9. The van der Waals surface area contributed by atoms with Gasteiger partial charge in [0, 0.05) is 18.3 Å². The maximum atomic E-state index is 12.4. The molecule has 0 saturated heterocycles. The lowest BCUT2D eigenvalue weighted by atomic mass is 10.1. The van der Waals surface area contributed by atoms with Gasteiger partial charge >= 0.3 is 0 Å². The standard InChI is InChI=1S/C28H33BrN2O3/c1-4-33-26-17-23(18-30-21(3)12-13-22-8-6-5-7-9-22)16-25(29)28(26)34-19-27(32)31-24-14-10-20(2)11-15-24/h5-11,14-17,21,30H,4,12-13,18-19H2,1-3H3,(H,31,32)/t21-/m1/s1. The van der Waals surface area contributed by atoms with E-state index in [9.17, 15) is 4.79 Å². The molecule has 0 heterocycles. The zero-order valence-electron chi connectivity index (χ0n) is 20.1. The Kier molecular flexibility index (Phi) is 9.98. The van der Waals surface area contributed by atoms with Crippen molar-refractivity contribution in [3.63, 3.8) is 0 Å². The molecule has 3 aromatic rings. The van der Waals surface area contributed by atoms with Gasteiger partial charge in [0.1, 0.15) is 0 Å². The normalized spacial score (nSPS) is 11.6. The van der Waals surface area contributed by atoms with Crippen LogP contribution < -0.4 is 20.1 Å². The lowest BCUT2D eigenvalue weighted by Gasteiger charge is -2.17. The van der Waals surface area contributed by atoms with Crippen molar-refractivity contribution in [3.8, 4) is 11.5 Å². The highest BCUT2D eigenvalue weighted by Gasteiger charge is 2.15. The molecule has 0 saturated carbocycles. The number of ether oxygens (including phenoxy) is 2. The van der Waals surface area contributed by atoms with Crippen LogP contribution in [0.2, 0.25) is 0 Å². The monoisotopic (exact) mass is 524 g/mol. The second-order valence-corrected chi connectivity index (χ2v) is 9.20. The summed E-state index contributed by atoms with van der Waals surface area (Å²) in [4.78, 5) is 12.4. The molecule has 0 bridgehead atoms. The molecule has 0 aliphatic carbocycles. The van der Waals surface area contributed by atoms with Crippen LogP contribution in [-0.4, -0.2) is 25.2 Å². The van der Waals surface area contributed by atoms with E-state index in [1.54, 1.807) is 0 Å². The third kappa shape index (κ3) is 8.19. The van der Waals surface area contributed by atoms with Crippen LogP contribution in [0.1, 0.15) is 37.0 Å². The molecule has 34 heavy (non-hydrogen) atoms. The minimum Gasteiger partial charge on any atom is -0.490 e. The first-order valence-corrected chi connectivity index (χ1v) is 12.5. The number of benzene rings is 3. The molecule has 180 valence electrons. The third-order valence-corrected chi connectivity index (χ3v) is 6.00. The number of hydrogen-bond acceptors (Lipinski definition) is 4. The Bertz CT molecular complexity index is 1060. The zero-order valence-corrected chi connectivity index (χ0v) is 21.7. The van der Waals surface area contributed by atoms with Gasteiger partial charge in [-0.1, -0.05) is 48.0 Å². The highest BCUT2D eigenvalue weighted by molar-refractivity contribution is 9.10. The van der Waals surface area contributed by atoms with Crippen molar-refractivity contribution >= 4 is 27.5 Å². The summed E-state index contributed by atoms with van der Waals surface area (Å²) in [5, 5.41) is 6.43. The van der Waals surface area contributed by atoms with Crippen molar-refractivity contribution < 1.29 is 14.3 Å². The molecular weight excluding hydrogens is 492 g/mol. The van der Waals surface area contributed by atoms with E-state index in [-0.39, 0.29) is 12.5 Å². The van der Waals surface area contributed by atoms with Crippen molar-refractivity contribution in [2.24, 2.45) is 0 Å². The molecule has 1 amide bonds. The molecule has 6 heteroatoms. The number of rotatable bonds is 12. The van der Waals surface area contributed by atoms with Crippen LogP contribution in [0.3, 0.4) is 0 Å². The van der Waals surface area contributed by atoms with Gasteiger partial charge < -0.3 is 20.1 Å². The molecule has 0 aromatic heterocycles. The predicted octanol–water partition coefficient (Wildman–Crippen LogP) is 6.28. The van der Waals surface area contributed by atoms with Gasteiger partial charge in [-0.05, 0) is 84.9 Å². The lowest BCUT2D eigenvalue weighted by molar-refractivity contribution is -0.118. The fraction of sp³-hybridized carbons (Fsp3) is 0.321. The summed E-state index contributed by atoms with van der Waals surface area (Å²) >= 11 is 3.60. The van der Waals surface area contributed by atoms with E-state index in [0.717, 1.165) is 34.1 Å². The number of halogens is 1. The Balaban J connectivity index is 1.56. The minimum atomic E-state index is -0.226. The van der Waals surface area contributed by atoms with Gasteiger partial charge in [-0.15, -0.1) is 0 Å². The van der Waals surface area contributed by atoms with E-state index < -0.39 is 0 Å². The summed E-state index contributed by atoms with van der Waals surface area (Å²) in [6.45, 7) is 7.24. The molecule has 0 spiro atoms. The van der Waals surface area contributed by atoms with Crippen LogP contribution in [-0.2, 0) is 17.8 Å². The largest absolute Gasteiger partial charge is 0.490 e. The Labute approximate surface area is 211 Å². The molecule has 0 aliphatic heterocycles. The van der Waals surface area contributed by atoms with Crippen LogP contribution >= 0.6 is 15.9 Å². The highest BCUT2D eigenvalue weighted by Crippen LogP contribution is 2.37. The number of anilines is 1. The average molecular weight is 525 g/mol. The van der Waals surface area contributed by atoms with Gasteiger partial charge in [0.05, 0.1) is 11.1 Å². The first-order chi connectivity index (χ1) is 16.4. The van der Waals surface area contributed by atoms with E-state index in [4.69, 9.17) is 9.47 Å². The van der Waals surface area contributed by atoms with Gasteiger partial charge in [-0.3, -0.25) is 4.79 Å². The number of carbonyl (C=O) groups excluding carboxylic acids is 1. The molecule has 2 N–H and O–H groups in total. The molecule has 3 rings (SSSR count). The van der Waals surface area contributed by atoms with Gasteiger partial charge in [0.15, 0.2) is 18.1 Å². The number of aryl methyl sites for hydroxylation is 2. The second-order valence-electron chi connectivity index (χ2n) is 8.35. The summed E-state index contributed by atoms with van der Waals surface area (Å²) in [5.41, 5.74) is 4.31. The van der Waals surface area contributed by atoms with Crippen LogP contribution in [0, 0.1) is 6.92 Å². The molecular formula is C28H33BrN2O3. The van der Waals surface area contributed by atoms with E-state index in [1.165, 1.54) is 5.56 Å². The maximum absolute atomic E-state index is 12.4. The van der Waals surface area contributed by atoms with E-state index in [2.05, 4.69) is 57.8 Å². The fourth-order valence-corrected chi connectivity index (χ4v) is 4.12. The number of nitrogens with one attached hydrogen (secondary N) is 2. The first kappa shape index (κ1) is 25.8. The minimum absolute atomic E-state index is 0.110. The van der Waals surface area contributed by atoms with Crippen molar-refractivity contribution in [3.05, 3.63) is 87.9 Å². The number of amides is 1. The van der Waals surface area contributed by atoms with E-state index >= 15 is 0 Å². The van der Waals surface area contributed by atoms with Crippen molar-refractivity contribution in [2.75, 3.05) is 18.5 Å². The molecule has 0 radical (unpaired) electrons. The van der Waals surface area contributed by atoms with Gasteiger partial charge in [-0.25, -0.2) is 0 Å². The maximum Gasteiger partial charge on any atom is 0.262 e. The summed E-state index contributed by atoms with van der Waals surface area (Å²) in [6.07, 6.45) is 2.10. The summed E-state index contributed by atoms with van der Waals surface area (Å²) in [6, 6.07) is 22.5. The van der Waals surface area contributed by atoms with Crippen LogP contribution in [0.5, 0.6) is 11.5 Å². The first-order valence-electron chi connectivity index (χ1n) is 11.7. The summed E-state index contributed by atoms with van der Waals surface area (Å²) < 4.78 is 12.4. The predicted molar refractivity (Wildman–Crippen MR) is 142 cm³/mol. The van der Waals surface area contributed by atoms with Crippen molar-refractivity contribution in [2.45, 2.75) is 46.2 Å². The SMILES string of the molecule is CCOc1cc(CN[C@H](C)CCc2ccccc2)cc(Br)c1OCC(=O)Nc1ccc(C)cc1. The zero-order chi connectivity index (χ0) is 24.3. The van der Waals surface area contributed by atoms with E-state index in [0.29, 0.717) is 30.7 Å². The van der Waals surface area contributed by atoms with Crippen molar-refractivity contribution in [1.82, 2.24) is 5.32 Å². The number of carbonyl (C=O) groups is 1. The smallest absolute Gasteiger partial charge is 0.262 e.